The van der Waals surface area contributed by atoms with Crippen LogP contribution in [-0.4, -0.2) is 37.8 Å². The van der Waals surface area contributed by atoms with E-state index in [-0.39, 0.29) is 6.10 Å². The molecule has 0 amide bonds. The number of likely N-dealkylation sites (N-methyl/N-ethyl adjacent to an activating group) is 1. The third-order valence-corrected chi connectivity index (χ3v) is 3.68. The molecule has 0 bridgehead atoms. The normalized spacial score (nSPS) is 12.9. The summed E-state index contributed by atoms with van der Waals surface area (Å²) in [4.78, 5) is 14.0. The van der Waals surface area contributed by atoms with E-state index in [2.05, 4.69) is 0 Å². The van der Waals surface area contributed by atoms with Gasteiger partial charge in [0.15, 0.2) is 0 Å². The van der Waals surface area contributed by atoms with Crippen LogP contribution in [0.5, 0.6) is 0 Å². The highest BCUT2D eigenvalue weighted by Gasteiger charge is 2.42. The minimum atomic E-state index is -1.81. The summed E-state index contributed by atoms with van der Waals surface area (Å²) in [5.74, 6) is -0.649. The molecule has 0 aliphatic carbocycles. The van der Waals surface area contributed by atoms with E-state index >= 15 is 0 Å². The molecule has 2 N–H and O–H groups in total. The van der Waals surface area contributed by atoms with E-state index in [0.717, 1.165) is 0 Å². The van der Waals surface area contributed by atoms with Crippen molar-refractivity contribution in [2.24, 2.45) is 0 Å². The fourth-order valence-corrected chi connectivity index (χ4v) is 2.65. The van der Waals surface area contributed by atoms with Crippen molar-refractivity contribution in [3.8, 4) is 0 Å². The average Bonchev–Trinajstić information content (AvgIpc) is 2.54. The van der Waals surface area contributed by atoms with Gasteiger partial charge in [-0.3, -0.25) is 0 Å². The van der Waals surface area contributed by atoms with Gasteiger partial charge in [0.1, 0.15) is 12.6 Å². The lowest BCUT2D eigenvalue weighted by Crippen LogP contribution is -3.07. The molecule has 2 aromatic carbocycles. The first-order valence-corrected chi connectivity index (χ1v) is 7.78. The molecule has 0 fully saturated rings. The first kappa shape index (κ1) is 17.2. The summed E-state index contributed by atoms with van der Waals surface area (Å²) in [7, 11) is 3.98. The highest BCUT2D eigenvalue weighted by molar-refractivity contribution is 5.85. The predicted octanol–water partition coefficient (Wildman–Crippen LogP) is 0.999. The minimum absolute atomic E-state index is 0.286. The number of carbonyl (C=O) groups is 1. The Labute approximate surface area is 137 Å². The molecule has 4 nitrogen and oxygen atoms in total. The second kappa shape index (κ2) is 7.40. The Bertz CT molecular complexity index is 586. The van der Waals surface area contributed by atoms with Gasteiger partial charge in [0.05, 0.1) is 14.1 Å². The van der Waals surface area contributed by atoms with Crippen molar-refractivity contribution < 1.29 is 19.5 Å². The maximum absolute atomic E-state index is 12.8. The minimum Gasteiger partial charge on any atom is -0.454 e. The number of quaternary nitrogens is 1. The van der Waals surface area contributed by atoms with Crippen LogP contribution in [0.3, 0.4) is 0 Å². The Morgan fingerprint density at radius 3 is 1.87 bits per heavy atom. The Morgan fingerprint density at radius 2 is 1.48 bits per heavy atom. The summed E-state index contributed by atoms with van der Waals surface area (Å²) in [5, 5.41) is 11.2. The first-order chi connectivity index (χ1) is 10.9. The molecule has 23 heavy (non-hydrogen) atoms. The van der Waals surface area contributed by atoms with Crippen LogP contribution in [0.25, 0.3) is 0 Å². The maximum Gasteiger partial charge on any atom is 0.348 e. The summed E-state index contributed by atoms with van der Waals surface area (Å²) in [6.45, 7) is 2.51. The standard InChI is InChI=1S/C19H23NO3/c1-15(14-20(2)3)23-18(21)19(22,16-10-6-4-7-11-16)17-12-8-5-9-13-17/h4-13,15,22H,14H2,1-3H3/p+1/t15-/m0/s1. The van der Waals surface area contributed by atoms with Crippen LogP contribution >= 0.6 is 0 Å². The van der Waals surface area contributed by atoms with Gasteiger partial charge >= 0.3 is 5.97 Å². The van der Waals surface area contributed by atoms with Gasteiger partial charge in [-0.05, 0) is 18.1 Å². The van der Waals surface area contributed by atoms with E-state index in [1.165, 1.54) is 4.90 Å². The Morgan fingerprint density at radius 1 is 1.04 bits per heavy atom. The van der Waals surface area contributed by atoms with E-state index in [1.54, 1.807) is 48.5 Å². The highest BCUT2D eigenvalue weighted by Crippen LogP contribution is 2.31. The number of hydrogen-bond acceptors (Lipinski definition) is 3. The number of benzene rings is 2. The van der Waals surface area contributed by atoms with Crippen molar-refractivity contribution in [2.45, 2.75) is 18.6 Å². The molecule has 2 rings (SSSR count). The molecule has 0 saturated carbocycles. The van der Waals surface area contributed by atoms with Crippen LogP contribution in [0.15, 0.2) is 60.7 Å². The molecule has 0 aromatic heterocycles. The van der Waals surface area contributed by atoms with Gasteiger partial charge in [0.25, 0.3) is 0 Å². The SMILES string of the molecule is C[C@@H](C[NH+](C)C)OC(=O)C(O)(c1ccccc1)c1ccccc1. The topological polar surface area (TPSA) is 51.0 Å². The molecule has 0 unspecified atom stereocenters. The number of nitrogens with one attached hydrogen (secondary N) is 1. The molecule has 0 aliphatic rings. The van der Waals surface area contributed by atoms with Crippen LogP contribution in [0.1, 0.15) is 18.1 Å². The summed E-state index contributed by atoms with van der Waals surface area (Å²) in [5.41, 5.74) is -0.806. The van der Waals surface area contributed by atoms with E-state index in [0.29, 0.717) is 17.7 Å². The zero-order valence-electron chi connectivity index (χ0n) is 13.8. The molecular formula is C19H24NO3+. The Balaban J connectivity index is 2.37. The molecule has 0 spiro atoms. The first-order valence-electron chi connectivity index (χ1n) is 7.78. The van der Waals surface area contributed by atoms with Crippen molar-refractivity contribution in [1.82, 2.24) is 0 Å². The van der Waals surface area contributed by atoms with Gasteiger partial charge in [-0.1, -0.05) is 60.7 Å². The van der Waals surface area contributed by atoms with E-state index in [4.69, 9.17) is 4.74 Å². The molecule has 4 heteroatoms. The van der Waals surface area contributed by atoms with Gasteiger partial charge in [-0.15, -0.1) is 0 Å². The average molecular weight is 314 g/mol. The van der Waals surface area contributed by atoms with E-state index in [9.17, 15) is 9.90 Å². The van der Waals surface area contributed by atoms with E-state index in [1.807, 2.05) is 33.2 Å². The third kappa shape index (κ3) is 3.97. The fourth-order valence-electron chi connectivity index (χ4n) is 2.65. The van der Waals surface area contributed by atoms with Crippen molar-refractivity contribution >= 4 is 5.97 Å². The quantitative estimate of drug-likeness (QED) is 0.782. The summed E-state index contributed by atoms with van der Waals surface area (Å²) in [6.07, 6.45) is -0.286. The van der Waals surface area contributed by atoms with E-state index < -0.39 is 11.6 Å². The van der Waals surface area contributed by atoms with Gasteiger partial charge in [-0.2, -0.15) is 0 Å². The largest absolute Gasteiger partial charge is 0.454 e. The lowest BCUT2D eigenvalue weighted by molar-refractivity contribution is -0.861. The maximum atomic E-state index is 12.8. The second-order valence-corrected chi connectivity index (χ2v) is 6.07. The Kier molecular flexibility index (Phi) is 5.53. The predicted molar refractivity (Wildman–Crippen MR) is 89.1 cm³/mol. The van der Waals surface area contributed by atoms with Crippen molar-refractivity contribution in [3.63, 3.8) is 0 Å². The number of ether oxygens (including phenoxy) is 1. The highest BCUT2D eigenvalue weighted by atomic mass is 16.6. The number of carbonyl (C=O) groups excluding carboxylic acids is 1. The molecule has 0 radical (unpaired) electrons. The molecule has 2 aromatic rings. The van der Waals surface area contributed by atoms with Crippen LogP contribution < -0.4 is 4.90 Å². The summed E-state index contributed by atoms with van der Waals surface area (Å²) < 4.78 is 5.53. The smallest absolute Gasteiger partial charge is 0.348 e. The molecule has 0 heterocycles. The fraction of sp³-hybridized carbons (Fsp3) is 0.316. The van der Waals surface area contributed by atoms with Crippen LogP contribution in [-0.2, 0) is 15.1 Å². The third-order valence-electron chi connectivity index (χ3n) is 3.68. The van der Waals surface area contributed by atoms with Gasteiger partial charge < -0.3 is 14.7 Å². The molecule has 0 aliphatic heterocycles. The lowest BCUT2D eigenvalue weighted by Gasteiger charge is -2.28. The van der Waals surface area contributed by atoms with Crippen LogP contribution in [0, 0.1) is 0 Å². The molecule has 1 atom stereocenters. The van der Waals surface area contributed by atoms with Crippen LogP contribution in [0.4, 0.5) is 0 Å². The molecular weight excluding hydrogens is 290 g/mol. The van der Waals surface area contributed by atoms with Crippen LogP contribution in [0.2, 0.25) is 0 Å². The van der Waals surface area contributed by atoms with Crippen molar-refractivity contribution in [2.75, 3.05) is 20.6 Å². The number of rotatable bonds is 6. The monoisotopic (exact) mass is 314 g/mol. The molecule has 122 valence electrons. The number of aliphatic hydroxyl groups is 1. The summed E-state index contributed by atoms with van der Waals surface area (Å²) >= 11 is 0. The lowest BCUT2D eigenvalue weighted by atomic mass is 9.86. The Hall–Kier alpha value is -2.17. The van der Waals surface area contributed by atoms with Gasteiger partial charge in [0, 0.05) is 0 Å². The molecule has 0 saturated heterocycles. The van der Waals surface area contributed by atoms with Gasteiger partial charge in [0.2, 0.25) is 5.60 Å². The van der Waals surface area contributed by atoms with Crippen molar-refractivity contribution in [3.05, 3.63) is 71.8 Å². The zero-order chi connectivity index (χ0) is 16.9. The summed E-state index contributed by atoms with van der Waals surface area (Å²) in [6, 6.07) is 17.8. The zero-order valence-corrected chi connectivity index (χ0v) is 13.8. The van der Waals surface area contributed by atoms with Gasteiger partial charge in [-0.25, -0.2) is 4.79 Å². The second-order valence-electron chi connectivity index (χ2n) is 6.07. The number of esters is 1. The number of hydrogen-bond donors (Lipinski definition) is 2. The van der Waals surface area contributed by atoms with Crippen molar-refractivity contribution in [1.29, 1.82) is 0 Å².